The zero-order chi connectivity index (χ0) is 21.6. The fourth-order valence-corrected chi connectivity index (χ4v) is 4.17. The molecule has 0 saturated heterocycles. The van der Waals surface area contributed by atoms with E-state index in [4.69, 9.17) is 4.74 Å². The first-order chi connectivity index (χ1) is 15.1. The van der Waals surface area contributed by atoms with Gasteiger partial charge in [-0.15, -0.1) is 11.3 Å². The van der Waals surface area contributed by atoms with Gasteiger partial charge in [0.2, 0.25) is 0 Å². The Balaban J connectivity index is 1.21. The van der Waals surface area contributed by atoms with Gasteiger partial charge in [-0.25, -0.2) is 9.97 Å². The zero-order valence-corrected chi connectivity index (χ0v) is 18.6. The van der Waals surface area contributed by atoms with Gasteiger partial charge in [0.1, 0.15) is 18.0 Å². The summed E-state index contributed by atoms with van der Waals surface area (Å²) in [6.07, 6.45) is 6.87. The summed E-state index contributed by atoms with van der Waals surface area (Å²) >= 11 is 1.70. The minimum atomic E-state index is -0.0625. The maximum Gasteiger partial charge on any atom is 0.251 e. The number of unbranched alkanes of at least 4 members (excludes halogenated alkanes) is 1. The van der Waals surface area contributed by atoms with Crippen LogP contribution in [0.3, 0.4) is 0 Å². The number of benzene rings is 1. The first-order valence-electron chi connectivity index (χ1n) is 10.4. The third-order valence-corrected chi connectivity index (χ3v) is 6.03. The van der Waals surface area contributed by atoms with Crippen LogP contribution in [0.2, 0.25) is 0 Å². The number of nitrogens with one attached hydrogen (secondary N) is 1. The normalized spacial score (nSPS) is 11.0. The number of fused-ring (bicyclic) bond motifs is 1. The molecule has 1 amide bonds. The minimum absolute atomic E-state index is 0.0625. The third kappa shape index (κ3) is 5.49. The summed E-state index contributed by atoms with van der Waals surface area (Å²) in [5.74, 6) is 0.650. The van der Waals surface area contributed by atoms with E-state index in [1.54, 1.807) is 23.5 Å². The van der Waals surface area contributed by atoms with E-state index in [2.05, 4.69) is 20.7 Å². The molecule has 4 rings (SSSR count). The predicted molar refractivity (Wildman–Crippen MR) is 123 cm³/mol. The van der Waals surface area contributed by atoms with Crippen molar-refractivity contribution < 1.29 is 9.53 Å². The molecule has 0 radical (unpaired) electrons. The highest BCUT2D eigenvalue weighted by atomic mass is 32.1. The number of nitrogens with zero attached hydrogens (tertiary/aromatic N) is 3. The topological polar surface area (TPSA) is 68.5 Å². The van der Waals surface area contributed by atoms with Gasteiger partial charge in [-0.3, -0.25) is 4.79 Å². The summed E-state index contributed by atoms with van der Waals surface area (Å²) < 4.78 is 7.84. The molecule has 0 spiro atoms. The highest BCUT2D eigenvalue weighted by molar-refractivity contribution is 7.09. The Bertz CT molecular complexity index is 1160. The molecule has 0 bridgehead atoms. The lowest BCUT2D eigenvalue weighted by atomic mass is 10.2. The van der Waals surface area contributed by atoms with Crippen LogP contribution in [0.4, 0.5) is 0 Å². The molecule has 160 valence electrons. The Morgan fingerprint density at radius 3 is 2.71 bits per heavy atom. The van der Waals surface area contributed by atoms with Crippen molar-refractivity contribution in [2.45, 2.75) is 39.7 Å². The Morgan fingerprint density at radius 2 is 1.97 bits per heavy atom. The standard InChI is InChI=1S/C24H26N4O2S/c1-17-6-5-13-28-14-20(27-23(17)28)15-30-21-10-8-19(9-11-21)24(29)25-12-4-3-7-22-26-18(2)16-31-22/h5-6,8-11,13-14,16H,3-4,7,12,15H2,1-2H3,(H,25,29). The molecule has 3 heterocycles. The van der Waals surface area contributed by atoms with Crippen LogP contribution >= 0.6 is 11.3 Å². The molecule has 0 aliphatic rings. The summed E-state index contributed by atoms with van der Waals surface area (Å²) in [6.45, 7) is 5.09. The maximum atomic E-state index is 12.3. The first kappa shape index (κ1) is 21.1. The molecular formula is C24H26N4O2S. The average molecular weight is 435 g/mol. The molecule has 31 heavy (non-hydrogen) atoms. The van der Waals surface area contributed by atoms with E-state index >= 15 is 0 Å². The second kappa shape index (κ2) is 9.75. The lowest BCUT2D eigenvalue weighted by molar-refractivity contribution is 0.0953. The van der Waals surface area contributed by atoms with E-state index in [1.165, 1.54) is 0 Å². The molecule has 0 fully saturated rings. The van der Waals surface area contributed by atoms with Crippen molar-refractivity contribution >= 4 is 22.9 Å². The van der Waals surface area contributed by atoms with Crippen LogP contribution in [-0.4, -0.2) is 26.8 Å². The monoisotopic (exact) mass is 434 g/mol. The van der Waals surface area contributed by atoms with E-state index in [-0.39, 0.29) is 5.91 Å². The van der Waals surface area contributed by atoms with E-state index in [0.717, 1.165) is 46.9 Å². The van der Waals surface area contributed by atoms with Gasteiger partial charge in [0.15, 0.2) is 0 Å². The fraction of sp³-hybridized carbons (Fsp3) is 0.292. The minimum Gasteiger partial charge on any atom is -0.487 e. The predicted octanol–water partition coefficient (Wildman–Crippen LogP) is 4.74. The van der Waals surface area contributed by atoms with Gasteiger partial charge < -0.3 is 14.5 Å². The van der Waals surface area contributed by atoms with Gasteiger partial charge in [0.05, 0.1) is 10.7 Å². The molecule has 1 aromatic carbocycles. The van der Waals surface area contributed by atoms with Crippen LogP contribution in [0.5, 0.6) is 5.75 Å². The summed E-state index contributed by atoms with van der Waals surface area (Å²) in [5.41, 5.74) is 4.64. The molecule has 0 atom stereocenters. The SMILES string of the molecule is Cc1csc(CCCCNC(=O)c2ccc(OCc3cn4cccc(C)c4n3)cc2)n1. The third-order valence-electron chi connectivity index (χ3n) is 5.00. The summed E-state index contributed by atoms with van der Waals surface area (Å²) in [4.78, 5) is 21.4. The van der Waals surface area contributed by atoms with Crippen molar-refractivity contribution in [2.24, 2.45) is 0 Å². The van der Waals surface area contributed by atoms with E-state index in [9.17, 15) is 4.79 Å². The number of aromatic nitrogens is 3. The molecule has 0 aliphatic heterocycles. The quantitative estimate of drug-likeness (QED) is 0.386. The van der Waals surface area contributed by atoms with Crippen molar-refractivity contribution in [1.29, 1.82) is 0 Å². The molecule has 0 aliphatic carbocycles. The molecule has 3 aromatic heterocycles. The number of ether oxygens (including phenoxy) is 1. The number of hydrogen-bond donors (Lipinski definition) is 1. The molecule has 1 N–H and O–H groups in total. The van der Waals surface area contributed by atoms with Crippen LogP contribution in [0.15, 0.2) is 54.2 Å². The lowest BCUT2D eigenvalue weighted by Gasteiger charge is -2.07. The van der Waals surface area contributed by atoms with E-state index < -0.39 is 0 Å². The number of carbonyl (C=O) groups excluding carboxylic acids is 1. The number of imidazole rings is 1. The number of thiazole rings is 1. The van der Waals surface area contributed by atoms with E-state index in [0.29, 0.717) is 24.5 Å². The molecule has 0 saturated carbocycles. The number of rotatable bonds is 9. The Kier molecular flexibility index (Phi) is 6.62. The van der Waals surface area contributed by atoms with Gasteiger partial charge in [0.25, 0.3) is 5.91 Å². The fourth-order valence-electron chi connectivity index (χ4n) is 3.36. The number of amides is 1. The lowest BCUT2D eigenvalue weighted by Crippen LogP contribution is -2.24. The molecular weight excluding hydrogens is 408 g/mol. The Morgan fingerprint density at radius 1 is 1.13 bits per heavy atom. The van der Waals surface area contributed by atoms with Gasteiger partial charge >= 0.3 is 0 Å². The average Bonchev–Trinajstić information content (AvgIpc) is 3.39. The number of hydrogen-bond acceptors (Lipinski definition) is 5. The van der Waals surface area contributed by atoms with Crippen LogP contribution in [0, 0.1) is 13.8 Å². The summed E-state index contributed by atoms with van der Waals surface area (Å²) in [6, 6.07) is 11.3. The second-order valence-corrected chi connectivity index (χ2v) is 8.51. The Labute approximate surface area is 185 Å². The van der Waals surface area contributed by atoms with Gasteiger partial charge in [-0.2, -0.15) is 0 Å². The molecule has 7 heteroatoms. The Hall–Kier alpha value is -3.19. The first-order valence-corrected chi connectivity index (χ1v) is 11.3. The van der Waals surface area contributed by atoms with E-state index in [1.807, 2.05) is 54.9 Å². The summed E-state index contributed by atoms with van der Waals surface area (Å²) in [5, 5.41) is 6.22. The van der Waals surface area contributed by atoms with Crippen molar-refractivity contribution in [1.82, 2.24) is 19.7 Å². The second-order valence-electron chi connectivity index (χ2n) is 7.56. The van der Waals surface area contributed by atoms with Crippen molar-refractivity contribution in [3.8, 4) is 5.75 Å². The largest absolute Gasteiger partial charge is 0.487 e. The number of aryl methyl sites for hydroxylation is 3. The smallest absolute Gasteiger partial charge is 0.251 e. The van der Waals surface area contributed by atoms with Gasteiger partial charge in [-0.1, -0.05) is 6.07 Å². The van der Waals surface area contributed by atoms with Gasteiger partial charge in [-0.05, 0) is 69.0 Å². The van der Waals surface area contributed by atoms with Crippen LogP contribution in [-0.2, 0) is 13.0 Å². The number of carbonyl (C=O) groups is 1. The van der Waals surface area contributed by atoms with Crippen molar-refractivity contribution in [2.75, 3.05) is 6.54 Å². The highest BCUT2D eigenvalue weighted by Crippen LogP contribution is 2.16. The van der Waals surface area contributed by atoms with Crippen LogP contribution in [0.25, 0.3) is 5.65 Å². The van der Waals surface area contributed by atoms with Crippen molar-refractivity contribution in [3.05, 3.63) is 81.7 Å². The van der Waals surface area contributed by atoms with Gasteiger partial charge in [0, 0.05) is 35.6 Å². The van der Waals surface area contributed by atoms with Crippen molar-refractivity contribution in [3.63, 3.8) is 0 Å². The highest BCUT2D eigenvalue weighted by Gasteiger charge is 2.07. The molecule has 0 unspecified atom stereocenters. The zero-order valence-electron chi connectivity index (χ0n) is 17.8. The maximum absolute atomic E-state index is 12.3. The number of pyridine rings is 1. The molecule has 6 nitrogen and oxygen atoms in total. The van der Waals surface area contributed by atoms with Crippen LogP contribution in [0.1, 0.15) is 45.2 Å². The van der Waals surface area contributed by atoms with Crippen LogP contribution < -0.4 is 10.1 Å². The summed E-state index contributed by atoms with van der Waals surface area (Å²) in [7, 11) is 0. The molecule has 4 aromatic rings.